The Kier molecular flexibility index (Phi) is 6.54. The number of amides is 2. The van der Waals surface area contributed by atoms with Crippen molar-refractivity contribution in [3.05, 3.63) is 58.6 Å². The molecule has 2 aromatic rings. The Labute approximate surface area is 174 Å². The zero-order valence-corrected chi connectivity index (χ0v) is 17.2. The van der Waals surface area contributed by atoms with Crippen LogP contribution in [0.2, 0.25) is 5.02 Å². The van der Waals surface area contributed by atoms with E-state index in [9.17, 15) is 14.4 Å². The second-order valence-corrected chi connectivity index (χ2v) is 7.41. The van der Waals surface area contributed by atoms with E-state index in [0.29, 0.717) is 16.4 Å². The van der Waals surface area contributed by atoms with Crippen molar-refractivity contribution in [2.45, 2.75) is 26.7 Å². The Morgan fingerprint density at radius 1 is 1.24 bits per heavy atom. The fraction of sp³-hybridized carbons (Fsp3) is 0.318. The quantitative estimate of drug-likeness (QED) is 0.730. The second-order valence-electron chi connectivity index (χ2n) is 7.01. The minimum atomic E-state index is -0.613. The molecule has 0 bridgehead atoms. The molecule has 152 valence electrons. The van der Waals surface area contributed by atoms with E-state index >= 15 is 0 Å². The van der Waals surface area contributed by atoms with Gasteiger partial charge in [-0.1, -0.05) is 42.8 Å². The van der Waals surface area contributed by atoms with Crippen molar-refractivity contribution in [2.75, 3.05) is 23.4 Å². The molecule has 29 heavy (non-hydrogen) atoms. The molecule has 0 saturated carbocycles. The molecule has 1 fully saturated rings. The van der Waals surface area contributed by atoms with Gasteiger partial charge >= 0.3 is 5.97 Å². The third-order valence-electron chi connectivity index (χ3n) is 4.94. The number of rotatable bonds is 6. The Bertz CT molecular complexity index is 944. The van der Waals surface area contributed by atoms with Gasteiger partial charge in [0.1, 0.15) is 0 Å². The summed E-state index contributed by atoms with van der Waals surface area (Å²) >= 11 is 6.14. The standard InChI is InChI=1S/C22H23ClN2O4/c1-3-15-6-4-5-7-19(15)24-20(26)13-29-22(28)16-10-21(27)25(12-16)17-9-8-14(2)18(23)11-17/h4-9,11,16H,3,10,12-13H2,1-2H3,(H,24,26)/t16-/m1/s1. The number of esters is 1. The molecule has 0 unspecified atom stereocenters. The molecular formula is C22H23ClN2O4. The highest BCUT2D eigenvalue weighted by Gasteiger charge is 2.36. The number of nitrogens with one attached hydrogen (secondary N) is 1. The molecule has 1 aliphatic heterocycles. The van der Waals surface area contributed by atoms with Gasteiger partial charge in [0.05, 0.1) is 5.92 Å². The number of benzene rings is 2. The van der Waals surface area contributed by atoms with Crippen LogP contribution in [-0.4, -0.2) is 30.9 Å². The van der Waals surface area contributed by atoms with E-state index in [4.69, 9.17) is 16.3 Å². The molecule has 1 atom stereocenters. The SMILES string of the molecule is CCc1ccccc1NC(=O)COC(=O)[C@@H]1CC(=O)N(c2ccc(C)c(Cl)c2)C1. The number of para-hydroxylation sites is 1. The normalized spacial score (nSPS) is 16.0. The largest absolute Gasteiger partial charge is 0.455 e. The maximum atomic E-state index is 12.4. The summed E-state index contributed by atoms with van der Waals surface area (Å²) in [6.45, 7) is 3.69. The molecule has 1 heterocycles. The van der Waals surface area contributed by atoms with E-state index in [1.807, 2.05) is 38.1 Å². The Balaban J connectivity index is 1.55. The summed E-state index contributed by atoms with van der Waals surface area (Å²) < 4.78 is 5.15. The molecule has 1 saturated heterocycles. The Morgan fingerprint density at radius 3 is 2.72 bits per heavy atom. The first-order chi connectivity index (χ1) is 13.9. The van der Waals surface area contributed by atoms with Crippen LogP contribution in [0, 0.1) is 12.8 Å². The number of ether oxygens (including phenoxy) is 1. The van der Waals surface area contributed by atoms with Crippen LogP contribution >= 0.6 is 11.6 Å². The summed E-state index contributed by atoms with van der Waals surface area (Å²) in [7, 11) is 0. The van der Waals surface area contributed by atoms with Gasteiger partial charge in [-0.25, -0.2) is 0 Å². The van der Waals surface area contributed by atoms with Crippen molar-refractivity contribution in [3.63, 3.8) is 0 Å². The van der Waals surface area contributed by atoms with Gasteiger partial charge in [0.15, 0.2) is 6.61 Å². The van der Waals surface area contributed by atoms with E-state index < -0.39 is 24.4 Å². The lowest BCUT2D eigenvalue weighted by atomic mass is 10.1. The van der Waals surface area contributed by atoms with Gasteiger partial charge in [0, 0.05) is 29.4 Å². The van der Waals surface area contributed by atoms with Crippen molar-refractivity contribution in [1.29, 1.82) is 0 Å². The summed E-state index contributed by atoms with van der Waals surface area (Å²) in [5.41, 5.74) is 3.26. The van der Waals surface area contributed by atoms with E-state index in [-0.39, 0.29) is 18.9 Å². The third kappa shape index (κ3) is 4.95. The molecule has 2 amide bonds. The van der Waals surface area contributed by atoms with E-state index in [2.05, 4.69) is 5.32 Å². The van der Waals surface area contributed by atoms with Gasteiger partial charge in [0.2, 0.25) is 5.91 Å². The van der Waals surface area contributed by atoms with Crippen LogP contribution in [0.15, 0.2) is 42.5 Å². The smallest absolute Gasteiger partial charge is 0.311 e. The molecule has 2 aromatic carbocycles. The molecule has 0 spiro atoms. The first-order valence-corrected chi connectivity index (χ1v) is 9.87. The maximum absolute atomic E-state index is 12.4. The highest BCUT2D eigenvalue weighted by molar-refractivity contribution is 6.31. The summed E-state index contributed by atoms with van der Waals surface area (Å²) in [5, 5.41) is 3.31. The summed E-state index contributed by atoms with van der Waals surface area (Å²) in [6.07, 6.45) is 0.823. The number of carbonyl (C=O) groups excluding carboxylic acids is 3. The summed E-state index contributed by atoms with van der Waals surface area (Å²) in [4.78, 5) is 38.4. The monoisotopic (exact) mass is 414 g/mol. The van der Waals surface area contributed by atoms with Crippen LogP contribution in [0.5, 0.6) is 0 Å². The van der Waals surface area contributed by atoms with Gasteiger partial charge in [0.25, 0.3) is 5.91 Å². The zero-order valence-electron chi connectivity index (χ0n) is 16.4. The first-order valence-electron chi connectivity index (χ1n) is 9.50. The Morgan fingerprint density at radius 2 is 2.00 bits per heavy atom. The highest BCUT2D eigenvalue weighted by Crippen LogP contribution is 2.29. The van der Waals surface area contributed by atoms with Gasteiger partial charge in [-0.2, -0.15) is 0 Å². The molecule has 0 aromatic heterocycles. The number of hydrogen-bond acceptors (Lipinski definition) is 4. The van der Waals surface area contributed by atoms with Crippen LogP contribution in [0.1, 0.15) is 24.5 Å². The number of aryl methyl sites for hydroxylation is 2. The van der Waals surface area contributed by atoms with Gasteiger partial charge in [-0.05, 0) is 42.7 Å². The third-order valence-corrected chi connectivity index (χ3v) is 5.35. The molecule has 3 rings (SSSR count). The highest BCUT2D eigenvalue weighted by atomic mass is 35.5. The van der Waals surface area contributed by atoms with Gasteiger partial charge in [-0.15, -0.1) is 0 Å². The molecule has 7 heteroatoms. The maximum Gasteiger partial charge on any atom is 0.311 e. The van der Waals surface area contributed by atoms with Crippen molar-refractivity contribution in [3.8, 4) is 0 Å². The number of hydrogen-bond donors (Lipinski definition) is 1. The topological polar surface area (TPSA) is 75.7 Å². The summed E-state index contributed by atoms with van der Waals surface area (Å²) in [6, 6.07) is 12.8. The number of halogens is 1. The predicted octanol–water partition coefficient (Wildman–Crippen LogP) is 3.75. The molecule has 1 aliphatic rings. The summed E-state index contributed by atoms with van der Waals surface area (Å²) in [5.74, 6) is -1.75. The minimum Gasteiger partial charge on any atom is -0.455 e. The average Bonchev–Trinajstić information content (AvgIpc) is 3.10. The number of anilines is 2. The van der Waals surface area contributed by atoms with Crippen molar-refractivity contribution < 1.29 is 19.1 Å². The first kappa shape index (κ1) is 20.9. The van der Waals surface area contributed by atoms with E-state index in [0.717, 1.165) is 17.5 Å². The van der Waals surface area contributed by atoms with Crippen LogP contribution in [0.3, 0.4) is 0 Å². The zero-order chi connectivity index (χ0) is 21.0. The number of carbonyl (C=O) groups is 3. The fourth-order valence-corrected chi connectivity index (χ4v) is 3.43. The van der Waals surface area contributed by atoms with E-state index in [1.54, 1.807) is 18.2 Å². The average molecular weight is 415 g/mol. The molecule has 0 aliphatic carbocycles. The van der Waals surface area contributed by atoms with Crippen molar-refractivity contribution >= 4 is 40.8 Å². The van der Waals surface area contributed by atoms with Gasteiger partial charge in [-0.3, -0.25) is 14.4 Å². The second kappa shape index (κ2) is 9.09. The van der Waals surface area contributed by atoms with Gasteiger partial charge < -0.3 is 15.0 Å². The predicted molar refractivity (Wildman–Crippen MR) is 112 cm³/mol. The van der Waals surface area contributed by atoms with Crippen LogP contribution in [0.25, 0.3) is 0 Å². The Hall–Kier alpha value is -2.86. The minimum absolute atomic E-state index is 0.0462. The lowest BCUT2D eigenvalue weighted by molar-refractivity contribution is -0.151. The molecule has 1 N–H and O–H groups in total. The number of nitrogens with zero attached hydrogens (tertiary/aromatic N) is 1. The molecular weight excluding hydrogens is 392 g/mol. The fourth-order valence-electron chi connectivity index (χ4n) is 3.26. The van der Waals surface area contributed by atoms with E-state index in [1.165, 1.54) is 4.90 Å². The molecule has 0 radical (unpaired) electrons. The van der Waals surface area contributed by atoms with Crippen molar-refractivity contribution in [2.24, 2.45) is 5.92 Å². The molecule has 6 nitrogen and oxygen atoms in total. The lowest BCUT2D eigenvalue weighted by Crippen LogP contribution is -2.28. The van der Waals surface area contributed by atoms with Crippen molar-refractivity contribution in [1.82, 2.24) is 0 Å². The van der Waals surface area contributed by atoms with Crippen LogP contribution in [-0.2, 0) is 25.5 Å². The van der Waals surface area contributed by atoms with Crippen LogP contribution in [0.4, 0.5) is 11.4 Å². The van der Waals surface area contributed by atoms with Crippen LogP contribution < -0.4 is 10.2 Å². The lowest BCUT2D eigenvalue weighted by Gasteiger charge is -2.17.